The number of hydrogen-bond acceptors (Lipinski definition) is 2. The summed E-state index contributed by atoms with van der Waals surface area (Å²) in [6.45, 7) is 0. The van der Waals surface area contributed by atoms with Crippen LogP contribution in [-0.4, -0.2) is 6.04 Å². The van der Waals surface area contributed by atoms with Crippen molar-refractivity contribution in [2.45, 2.75) is 62.9 Å². The Morgan fingerprint density at radius 3 is 2.26 bits per heavy atom. The van der Waals surface area contributed by atoms with Gasteiger partial charge in [-0.3, -0.25) is 5.32 Å². The van der Waals surface area contributed by atoms with Gasteiger partial charge in [0, 0.05) is 6.04 Å². The first-order valence-electron chi connectivity index (χ1n) is 7.62. The molecule has 1 N–H and O–H groups in total. The van der Waals surface area contributed by atoms with E-state index in [4.69, 9.17) is 0 Å². The summed E-state index contributed by atoms with van der Waals surface area (Å²) in [6, 6.07) is 11.5. The van der Waals surface area contributed by atoms with Gasteiger partial charge in [0.05, 0.1) is 6.07 Å². The smallest absolute Gasteiger partial charge is 0.121 e. The highest BCUT2D eigenvalue weighted by Crippen LogP contribution is 2.40. The maximum Gasteiger partial charge on any atom is 0.121 e. The lowest BCUT2D eigenvalue weighted by atomic mass is 9.94. The Morgan fingerprint density at radius 2 is 1.68 bits per heavy atom. The summed E-state index contributed by atoms with van der Waals surface area (Å²) in [4.78, 5) is 0. The van der Waals surface area contributed by atoms with Crippen molar-refractivity contribution in [2.24, 2.45) is 0 Å². The first-order valence-corrected chi connectivity index (χ1v) is 7.62. The molecule has 2 fully saturated rings. The van der Waals surface area contributed by atoms with Crippen LogP contribution in [-0.2, 0) is 0 Å². The van der Waals surface area contributed by atoms with Crippen molar-refractivity contribution in [1.29, 1.82) is 5.26 Å². The molecule has 2 saturated carbocycles. The Bertz CT molecular complexity index is 447. The highest BCUT2D eigenvalue weighted by molar-refractivity contribution is 5.31. The van der Waals surface area contributed by atoms with Gasteiger partial charge in [-0.15, -0.1) is 0 Å². The van der Waals surface area contributed by atoms with Crippen molar-refractivity contribution >= 4 is 0 Å². The summed E-state index contributed by atoms with van der Waals surface area (Å²) >= 11 is 0. The van der Waals surface area contributed by atoms with E-state index in [-0.39, 0.29) is 6.04 Å². The average Bonchev–Trinajstić information content (AvgIpc) is 3.31. The number of hydrogen-bond donors (Lipinski definition) is 1. The highest BCUT2D eigenvalue weighted by atomic mass is 14.9. The minimum absolute atomic E-state index is 0.142. The predicted molar refractivity (Wildman–Crippen MR) is 76.8 cm³/mol. The number of nitriles is 1. The number of nitrogens with one attached hydrogen (secondary N) is 1. The fourth-order valence-electron chi connectivity index (χ4n) is 3.09. The molecule has 0 bridgehead atoms. The first-order chi connectivity index (χ1) is 9.36. The van der Waals surface area contributed by atoms with E-state index in [9.17, 15) is 5.26 Å². The third kappa shape index (κ3) is 3.16. The van der Waals surface area contributed by atoms with Crippen molar-refractivity contribution in [1.82, 2.24) is 5.32 Å². The third-order valence-electron chi connectivity index (χ3n) is 4.46. The lowest BCUT2D eigenvalue weighted by molar-refractivity contribution is 0.360. The van der Waals surface area contributed by atoms with Gasteiger partial charge in [-0.25, -0.2) is 0 Å². The van der Waals surface area contributed by atoms with E-state index in [2.05, 4.69) is 35.7 Å². The molecule has 19 heavy (non-hydrogen) atoms. The molecule has 2 heteroatoms. The maximum atomic E-state index is 9.39. The van der Waals surface area contributed by atoms with Gasteiger partial charge in [-0.1, -0.05) is 43.5 Å². The molecule has 1 atom stereocenters. The molecule has 0 aromatic heterocycles. The van der Waals surface area contributed by atoms with Crippen LogP contribution in [0.1, 0.15) is 68.0 Å². The second-order valence-electron chi connectivity index (χ2n) is 6.00. The lowest BCUT2D eigenvalue weighted by Gasteiger charge is -2.25. The standard InChI is InChI=1S/C17H22N2/c18-12-17(19-16-4-2-1-3-5-16)15-10-8-14(9-11-15)13-6-7-13/h8-11,13,16-17,19H,1-7H2. The molecule has 2 aliphatic rings. The van der Waals surface area contributed by atoms with Gasteiger partial charge in [0.2, 0.25) is 0 Å². The summed E-state index contributed by atoms with van der Waals surface area (Å²) < 4.78 is 0. The molecular formula is C17H22N2. The van der Waals surface area contributed by atoms with Gasteiger partial charge in [0.15, 0.2) is 0 Å². The van der Waals surface area contributed by atoms with Crippen LogP contribution in [0.15, 0.2) is 24.3 Å². The minimum Gasteiger partial charge on any atom is -0.295 e. The molecule has 0 aliphatic heterocycles. The Balaban J connectivity index is 1.65. The zero-order valence-corrected chi connectivity index (χ0v) is 11.4. The summed E-state index contributed by atoms with van der Waals surface area (Å²) in [5, 5.41) is 12.9. The molecule has 3 rings (SSSR count). The maximum absolute atomic E-state index is 9.39. The fourth-order valence-corrected chi connectivity index (χ4v) is 3.09. The van der Waals surface area contributed by atoms with Gasteiger partial charge in [0.1, 0.15) is 6.04 Å². The van der Waals surface area contributed by atoms with Gasteiger partial charge in [-0.2, -0.15) is 5.26 Å². The molecule has 2 nitrogen and oxygen atoms in total. The first kappa shape index (κ1) is 12.7. The van der Waals surface area contributed by atoms with E-state index in [1.165, 1.54) is 50.5 Å². The van der Waals surface area contributed by atoms with Crippen LogP contribution in [0.5, 0.6) is 0 Å². The van der Waals surface area contributed by atoms with E-state index in [1.807, 2.05) is 0 Å². The van der Waals surface area contributed by atoms with Crippen LogP contribution in [0.25, 0.3) is 0 Å². The molecule has 0 heterocycles. The topological polar surface area (TPSA) is 35.8 Å². The summed E-state index contributed by atoms with van der Waals surface area (Å²) in [5.41, 5.74) is 2.57. The van der Waals surface area contributed by atoms with Crippen LogP contribution >= 0.6 is 0 Å². The minimum atomic E-state index is -0.142. The van der Waals surface area contributed by atoms with Crippen LogP contribution < -0.4 is 5.32 Å². The van der Waals surface area contributed by atoms with Gasteiger partial charge in [-0.05, 0) is 42.7 Å². The normalized spacial score (nSPS) is 21.8. The predicted octanol–water partition coefficient (Wildman–Crippen LogP) is 4.05. The van der Waals surface area contributed by atoms with E-state index in [0.29, 0.717) is 6.04 Å². The Morgan fingerprint density at radius 1 is 1.00 bits per heavy atom. The van der Waals surface area contributed by atoms with E-state index in [1.54, 1.807) is 0 Å². The number of nitrogens with zero attached hydrogens (tertiary/aromatic N) is 1. The van der Waals surface area contributed by atoms with Crippen molar-refractivity contribution in [3.05, 3.63) is 35.4 Å². The fraction of sp³-hybridized carbons (Fsp3) is 0.588. The largest absolute Gasteiger partial charge is 0.295 e. The zero-order valence-electron chi connectivity index (χ0n) is 11.4. The van der Waals surface area contributed by atoms with Crippen LogP contribution in [0.4, 0.5) is 0 Å². The van der Waals surface area contributed by atoms with Gasteiger partial charge < -0.3 is 0 Å². The van der Waals surface area contributed by atoms with Crippen LogP contribution in [0, 0.1) is 11.3 Å². The molecule has 100 valence electrons. The SMILES string of the molecule is N#CC(NC1CCCCC1)c1ccc(C2CC2)cc1. The van der Waals surface area contributed by atoms with E-state index < -0.39 is 0 Å². The summed E-state index contributed by atoms with van der Waals surface area (Å²) in [6.07, 6.45) is 9.07. The number of benzene rings is 1. The van der Waals surface area contributed by atoms with Crippen molar-refractivity contribution in [3.8, 4) is 6.07 Å². The van der Waals surface area contributed by atoms with Crippen LogP contribution in [0.2, 0.25) is 0 Å². The Kier molecular flexibility index (Phi) is 3.84. The quantitative estimate of drug-likeness (QED) is 0.879. The molecule has 1 aromatic carbocycles. The third-order valence-corrected chi connectivity index (χ3v) is 4.46. The van der Waals surface area contributed by atoms with Crippen molar-refractivity contribution in [3.63, 3.8) is 0 Å². The molecule has 1 unspecified atom stereocenters. The molecular weight excluding hydrogens is 232 g/mol. The van der Waals surface area contributed by atoms with Crippen molar-refractivity contribution < 1.29 is 0 Å². The van der Waals surface area contributed by atoms with Gasteiger partial charge >= 0.3 is 0 Å². The monoisotopic (exact) mass is 254 g/mol. The number of rotatable bonds is 4. The molecule has 0 spiro atoms. The van der Waals surface area contributed by atoms with Gasteiger partial charge in [0.25, 0.3) is 0 Å². The summed E-state index contributed by atoms with van der Waals surface area (Å²) in [5.74, 6) is 0.792. The average molecular weight is 254 g/mol. The highest BCUT2D eigenvalue weighted by Gasteiger charge is 2.24. The lowest BCUT2D eigenvalue weighted by Crippen LogP contribution is -2.33. The van der Waals surface area contributed by atoms with Crippen molar-refractivity contribution in [2.75, 3.05) is 0 Å². The Hall–Kier alpha value is -1.33. The van der Waals surface area contributed by atoms with E-state index in [0.717, 1.165) is 11.5 Å². The second kappa shape index (κ2) is 5.75. The molecule has 0 radical (unpaired) electrons. The Labute approximate surface area is 115 Å². The molecule has 2 aliphatic carbocycles. The van der Waals surface area contributed by atoms with Crippen LogP contribution in [0.3, 0.4) is 0 Å². The van der Waals surface area contributed by atoms with E-state index >= 15 is 0 Å². The molecule has 1 aromatic rings. The second-order valence-corrected chi connectivity index (χ2v) is 6.00. The zero-order chi connectivity index (χ0) is 13.1. The molecule has 0 saturated heterocycles. The molecule has 0 amide bonds. The summed E-state index contributed by atoms with van der Waals surface area (Å²) in [7, 11) is 0.